The van der Waals surface area contributed by atoms with Crippen molar-refractivity contribution >= 4 is 40.3 Å². The van der Waals surface area contributed by atoms with Crippen LogP contribution in [0.4, 0.5) is 21.7 Å². The molecule has 0 bridgehead atoms. The summed E-state index contributed by atoms with van der Waals surface area (Å²) in [7, 11) is 3.83. The minimum atomic E-state index is -0.556. The Labute approximate surface area is 251 Å². The Kier molecular flexibility index (Phi) is 8.90. The number of nitrogens with one attached hydrogen (secondary N) is 2. The summed E-state index contributed by atoms with van der Waals surface area (Å²) in [6.07, 6.45) is 9.57. The lowest BCUT2D eigenvalue weighted by atomic mass is 10.2. The van der Waals surface area contributed by atoms with Crippen molar-refractivity contribution in [1.82, 2.24) is 19.9 Å². The number of pyridine rings is 2. The number of carbonyl (C=O) groups is 1. The van der Waals surface area contributed by atoms with Gasteiger partial charge in [0.1, 0.15) is 37.3 Å². The molecule has 1 amide bonds. The van der Waals surface area contributed by atoms with Crippen LogP contribution in [0.15, 0.2) is 89.7 Å². The fraction of sp³-hybridized carbons (Fsp3) is 0.200. The van der Waals surface area contributed by atoms with Gasteiger partial charge in [-0.3, -0.25) is 9.78 Å². The van der Waals surface area contributed by atoms with E-state index in [1.165, 1.54) is 36.9 Å². The van der Waals surface area contributed by atoms with Gasteiger partial charge in [0, 0.05) is 35.8 Å². The van der Waals surface area contributed by atoms with Gasteiger partial charge in [-0.1, -0.05) is 11.1 Å². The molecule has 0 atom stereocenters. The van der Waals surface area contributed by atoms with Crippen LogP contribution >= 0.6 is 0 Å². The van der Waals surface area contributed by atoms with Crippen molar-refractivity contribution in [3.63, 3.8) is 0 Å². The van der Waals surface area contributed by atoms with Gasteiger partial charge in [-0.05, 0) is 41.3 Å². The first-order valence-electron chi connectivity index (χ1n) is 13.6. The Morgan fingerprint density at radius 3 is 2.80 bits per heavy atom. The number of hydrogen-bond donors (Lipinski definition) is 2. The number of aliphatic imine (C=N–C) groups is 1. The maximum absolute atomic E-state index is 14.8. The van der Waals surface area contributed by atoms with E-state index in [0.717, 1.165) is 0 Å². The highest BCUT2D eigenvalue weighted by Crippen LogP contribution is 2.28. The zero-order valence-corrected chi connectivity index (χ0v) is 24.0. The SMILES string of the molecule is C[N+](C)(C/C=C/C(=O)Nc1cc2c(Nc3ccc(OCc4ccccn4)c(F)c3)ncnc2cn1)CC1=C([N+](=O)[O-])N=CC1. The summed E-state index contributed by atoms with van der Waals surface area (Å²) in [4.78, 5) is 44.1. The summed E-state index contributed by atoms with van der Waals surface area (Å²) < 4.78 is 20.7. The van der Waals surface area contributed by atoms with Crippen LogP contribution in [0, 0.1) is 15.9 Å². The molecule has 1 aliphatic heterocycles. The van der Waals surface area contributed by atoms with Gasteiger partial charge in [0.25, 0.3) is 0 Å². The second kappa shape index (κ2) is 13.1. The third-order valence-electron chi connectivity index (χ3n) is 6.60. The van der Waals surface area contributed by atoms with Crippen LogP contribution in [-0.4, -0.2) is 68.6 Å². The van der Waals surface area contributed by atoms with Crippen molar-refractivity contribution in [2.75, 3.05) is 37.8 Å². The lowest BCUT2D eigenvalue weighted by Gasteiger charge is -2.28. The molecule has 1 aromatic carbocycles. The Morgan fingerprint density at radius 1 is 1.16 bits per heavy atom. The highest BCUT2D eigenvalue weighted by atomic mass is 19.1. The molecule has 224 valence electrons. The molecule has 13 nitrogen and oxygen atoms in total. The van der Waals surface area contributed by atoms with Crippen LogP contribution in [0.25, 0.3) is 10.9 Å². The number of amides is 1. The van der Waals surface area contributed by atoms with E-state index < -0.39 is 16.6 Å². The van der Waals surface area contributed by atoms with Gasteiger partial charge in [-0.25, -0.2) is 19.3 Å². The maximum Gasteiger partial charge on any atom is 0.368 e. The average Bonchev–Trinajstić information content (AvgIpc) is 3.45. The summed E-state index contributed by atoms with van der Waals surface area (Å²) in [6, 6.07) is 11.5. The number of ether oxygens (including phenoxy) is 1. The van der Waals surface area contributed by atoms with Crippen molar-refractivity contribution in [1.29, 1.82) is 0 Å². The zero-order valence-electron chi connectivity index (χ0n) is 24.0. The summed E-state index contributed by atoms with van der Waals surface area (Å²) >= 11 is 0. The fourth-order valence-electron chi connectivity index (χ4n) is 4.53. The highest BCUT2D eigenvalue weighted by Gasteiger charge is 2.28. The molecule has 2 N–H and O–H groups in total. The molecule has 4 heterocycles. The first kappa shape index (κ1) is 29.8. The molecule has 4 aromatic rings. The Morgan fingerprint density at radius 2 is 2.02 bits per heavy atom. The Hall–Kier alpha value is -5.63. The molecule has 0 saturated heterocycles. The number of nitro groups is 1. The number of benzene rings is 1. The van der Waals surface area contributed by atoms with Gasteiger partial charge in [0.15, 0.2) is 11.6 Å². The topological polar surface area (TPSA) is 157 Å². The molecule has 0 spiro atoms. The number of aromatic nitrogens is 4. The number of likely N-dealkylation sites (N-methyl/N-ethyl adjacent to an activating group) is 1. The van der Waals surface area contributed by atoms with Gasteiger partial charge in [-0.2, -0.15) is 0 Å². The van der Waals surface area contributed by atoms with Crippen molar-refractivity contribution in [2.45, 2.75) is 13.0 Å². The average molecular weight is 599 g/mol. The molecule has 0 saturated carbocycles. The van der Waals surface area contributed by atoms with Gasteiger partial charge in [0.2, 0.25) is 5.91 Å². The predicted octanol–water partition coefficient (Wildman–Crippen LogP) is 4.42. The molecular weight excluding hydrogens is 569 g/mol. The minimum Gasteiger partial charge on any atom is -0.484 e. The van der Waals surface area contributed by atoms with Crippen molar-refractivity contribution < 1.29 is 23.3 Å². The molecular formula is C30H29FN9O4+. The highest BCUT2D eigenvalue weighted by molar-refractivity contribution is 6.00. The lowest BCUT2D eigenvalue weighted by Crippen LogP contribution is -2.41. The second-order valence-corrected chi connectivity index (χ2v) is 10.6. The Balaban J connectivity index is 1.22. The second-order valence-electron chi connectivity index (χ2n) is 10.6. The van der Waals surface area contributed by atoms with Crippen LogP contribution < -0.4 is 15.4 Å². The van der Waals surface area contributed by atoms with Crippen molar-refractivity contribution in [3.8, 4) is 5.75 Å². The largest absolute Gasteiger partial charge is 0.484 e. The molecule has 44 heavy (non-hydrogen) atoms. The van der Waals surface area contributed by atoms with Crippen LogP contribution in [0.2, 0.25) is 0 Å². The van der Waals surface area contributed by atoms with Gasteiger partial charge < -0.3 is 30.0 Å². The van der Waals surface area contributed by atoms with E-state index in [1.807, 2.05) is 20.2 Å². The van der Waals surface area contributed by atoms with E-state index in [-0.39, 0.29) is 24.0 Å². The van der Waals surface area contributed by atoms with E-state index in [0.29, 0.717) is 57.7 Å². The summed E-state index contributed by atoms with van der Waals surface area (Å²) in [5.41, 5.74) is 2.28. The van der Waals surface area contributed by atoms with Gasteiger partial charge in [-0.15, -0.1) is 0 Å². The molecule has 5 rings (SSSR count). The van der Waals surface area contributed by atoms with Crippen LogP contribution in [0.5, 0.6) is 5.75 Å². The maximum atomic E-state index is 14.8. The lowest BCUT2D eigenvalue weighted by molar-refractivity contribution is -0.880. The summed E-state index contributed by atoms with van der Waals surface area (Å²) in [5.74, 6) is -0.314. The molecule has 0 unspecified atom stereocenters. The number of quaternary nitrogens is 1. The molecule has 0 fully saturated rings. The minimum absolute atomic E-state index is 0.0872. The molecule has 0 aliphatic carbocycles. The number of rotatable bonds is 12. The first-order chi connectivity index (χ1) is 21.2. The Bertz CT molecular complexity index is 1790. The fourth-order valence-corrected chi connectivity index (χ4v) is 4.53. The zero-order chi connectivity index (χ0) is 31.1. The summed E-state index contributed by atoms with van der Waals surface area (Å²) in [6.45, 7) is 1.01. The van der Waals surface area contributed by atoms with Crippen molar-refractivity contribution in [2.24, 2.45) is 4.99 Å². The number of fused-ring (bicyclic) bond motifs is 1. The molecule has 1 aliphatic rings. The van der Waals surface area contributed by atoms with E-state index in [2.05, 4.69) is 35.6 Å². The van der Waals surface area contributed by atoms with Gasteiger partial charge >= 0.3 is 5.82 Å². The monoisotopic (exact) mass is 598 g/mol. The van der Waals surface area contributed by atoms with Crippen LogP contribution in [0.1, 0.15) is 12.1 Å². The molecule has 14 heteroatoms. The first-order valence-corrected chi connectivity index (χ1v) is 13.6. The number of nitrogens with zero attached hydrogens (tertiary/aromatic N) is 7. The molecule has 0 radical (unpaired) electrons. The van der Waals surface area contributed by atoms with E-state index in [1.54, 1.807) is 36.5 Å². The van der Waals surface area contributed by atoms with E-state index in [9.17, 15) is 19.3 Å². The number of hydrogen-bond acceptors (Lipinski definition) is 10. The predicted molar refractivity (Wildman–Crippen MR) is 162 cm³/mol. The number of carbonyl (C=O) groups excluding carboxylic acids is 1. The number of anilines is 3. The van der Waals surface area contributed by atoms with Crippen LogP contribution in [0.3, 0.4) is 0 Å². The van der Waals surface area contributed by atoms with Crippen LogP contribution in [-0.2, 0) is 11.4 Å². The summed E-state index contributed by atoms with van der Waals surface area (Å²) in [5, 5.41) is 17.6. The van der Waals surface area contributed by atoms with E-state index >= 15 is 0 Å². The third-order valence-corrected chi connectivity index (χ3v) is 6.60. The van der Waals surface area contributed by atoms with E-state index in [4.69, 9.17) is 4.74 Å². The van der Waals surface area contributed by atoms with Crippen molar-refractivity contribution in [3.05, 3.63) is 106 Å². The third kappa shape index (κ3) is 7.60. The quantitative estimate of drug-likeness (QED) is 0.104. The van der Waals surface area contributed by atoms with Gasteiger partial charge in [0.05, 0.1) is 43.6 Å². The molecule has 3 aromatic heterocycles. The number of halogens is 1. The smallest absolute Gasteiger partial charge is 0.368 e. The normalized spacial score (nSPS) is 13.1. The standard InChI is InChI=1S/C30H28FN9O4/c1-40(2,17-20-10-12-33-30(20)39(42)43)13-5-7-28(41)38-27-15-23-25(16-34-27)35-19-36-29(23)37-21-8-9-26(24(31)14-21)44-18-22-6-3-4-11-32-22/h3-9,11-12,14-16,19H,10,13,17-18H2,1-2H3,(H-,34,35,36,37,38,41)/p+1/b7-5+.